The second kappa shape index (κ2) is 7.84. The van der Waals surface area contributed by atoms with E-state index in [0.717, 1.165) is 38.4 Å². The Morgan fingerprint density at radius 2 is 2.00 bits per heavy atom. The van der Waals surface area contributed by atoms with E-state index in [2.05, 4.69) is 59.3 Å². The minimum Gasteiger partial charge on any atom is -0.344 e. The third-order valence-corrected chi connectivity index (χ3v) is 5.68. The maximum absolute atomic E-state index is 4.79. The zero-order valence-electron chi connectivity index (χ0n) is 17.3. The number of pyridine rings is 1. The Hall–Kier alpha value is -2.53. The topological polar surface area (TPSA) is 46.8 Å². The number of nitrogens with zero attached hydrogens (tertiary/aromatic N) is 5. The Kier molecular flexibility index (Phi) is 5.27. The lowest BCUT2D eigenvalue weighted by Gasteiger charge is -2.28. The number of aryl methyl sites for hydroxylation is 1. The van der Waals surface area contributed by atoms with Crippen LogP contribution in [0, 0.1) is 13.8 Å². The Morgan fingerprint density at radius 1 is 1.14 bits per heavy atom. The third-order valence-electron chi connectivity index (χ3n) is 5.68. The zero-order chi connectivity index (χ0) is 19.7. The Labute approximate surface area is 167 Å². The molecule has 3 aromatic heterocycles. The lowest BCUT2D eigenvalue weighted by atomic mass is 10.1. The van der Waals surface area contributed by atoms with Gasteiger partial charge in [0.15, 0.2) is 0 Å². The highest BCUT2D eigenvalue weighted by atomic mass is 15.1. The standard InChI is InChI=1S/C23H29N5/c1-16(2)23-25-12-21-15-27(9-7-22(21)26-23)14-20-10-17(3)28(18(20)4)13-19-6-5-8-24-11-19/h5-6,8,10-12,16H,7,9,13-15H2,1-4H3. The van der Waals surface area contributed by atoms with Gasteiger partial charge in [0.1, 0.15) is 5.82 Å². The van der Waals surface area contributed by atoms with Gasteiger partial charge in [0.25, 0.3) is 0 Å². The summed E-state index contributed by atoms with van der Waals surface area (Å²) in [6.07, 6.45) is 6.82. The van der Waals surface area contributed by atoms with Crippen LogP contribution < -0.4 is 0 Å². The molecule has 0 amide bonds. The van der Waals surface area contributed by atoms with Gasteiger partial charge in [-0.3, -0.25) is 9.88 Å². The van der Waals surface area contributed by atoms with Crippen molar-refractivity contribution in [3.05, 3.63) is 76.4 Å². The summed E-state index contributed by atoms with van der Waals surface area (Å²) in [5, 5.41) is 0. The van der Waals surface area contributed by atoms with Crippen molar-refractivity contribution in [3.63, 3.8) is 0 Å². The van der Waals surface area contributed by atoms with Crippen LogP contribution in [0.5, 0.6) is 0 Å². The highest BCUT2D eigenvalue weighted by Crippen LogP contribution is 2.23. The largest absolute Gasteiger partial charge is 0.344 e. The molecule has 0 aliphatic carbocycles. The first-order chi connectivity index (χ1) is 13.5. The molecule has 0 saturated heterocycles. The molecular formula is C23H29N5. The van der Waals surface area contributed by atoms with E-state index in [-0.39, 0.29) is 0 Å². The minimum atomic E-state index is 0.383. The van der Waals surface area contributed by atoms with Crippen LogP contribution in [0.2, 0.25) is 0 Å². The van der Waals surface area contributed by atoms with Crippen LogP contribution in [0.25, 0.3) is 0 Å². The van der Waals surface area contributed by atoms with E-state index in [4.69, 9.17) is 4.98 Å². The van der Waals surface area contributed by atoms with Crippen LogP contribution in [0.1, 0.15) is 59.4 Å². The number of hydrogen-bond acceptors (Lipinski definition) is 4. The number of hydrogen-bond donors (Lipinski definition) is 0. The number of fused-ring (bicyclic) bond motifs is 1. The predicted molar refractivity (Wildman–Crippen MR) is 111 cm³/mol. The molecule has 1 aliphatic heterocycles. The second-order valence-electron chi connectivity index (χ2n) is 8.16. The van der Waals surface area contributed by atoms with Crippen LogP contribution in [0.3, 0.4) is 0 Å². The third kappa shape index (κ3) is 3.85. The molecule has 0 spiro atoms. The van der Waals surface area contributed by atoms with Crippen molar-refractivity contribution in [2.45, 2.75) is 59.7 Å². The van der Waals surface area contributed by atoms with Crippen LogP contribution in [-0.4, -0.2) is 31.0 Å². The number of rotatable bonds is 5. The molecule has 0 fully saturated rings. The van der Waals surface area contributed by atoms with Crippen molar-refractivity contribution in [2.24, 2.45) is 0 Å². The monoisotopic (exact) mass is 375 g/mol. The van der Waals surface area contributed by atoms with E-state index in [0.29, 0.717) is 5.92 Å². The van der Waals surface area contributed by atoms with Gasteiger partial charge in [-0.1, -0.05) is 19.9 Å². The van der Waals surface area contributed by atoms with Gasteiger partial charge in [0, 0.05) is 79.8 Å². The number of aromatic nitrogens is 4. The first-order valence-electron chi connectivity index (χ1n) is 10.1. The molecule has 0 unspecified atom stereocenters. The summed E-state index contributed by atoms with van der Waals surface area (Å²) in [6, 6.07) is 6.47. The quantitative estimate of drug-likeness (QED) is 0.676. The maximum Gasteiger partial charge on any atom is 0.131 e. The van der Waals surface area contributed by atoms with Gasteiger partial charge in [0.05, 0.1) is 0 Å². The summed E-state index contributed by atoms with van der Waals surface area (Å²) >= 11 is 0. The van der Waals surface area contributed by atoms with Crippen molar-refractivity contribution < 1.29 is 0 Å². The summed E-state index contributed by atoms with van der Waals surface area (Å²) in [6.45, 7) is 12.6. The lowest BCUT2D eigenvalue weighted by molar-refractivity contribution is 0.242. The van der Waals surface area contributed by atoms with Crippen molar-refractivity contribution >= 4 is 0 Å². The molecule has 28 heavy (non-hydrogen) atoms. The highest BCUT2D eigenvalue weighted by molar-refractivity contribution is 5.29. The van der Waals surface area contributed by atoms with Crippen molar-refractivity contribution in [3.8, 4) is 0 Å². The fourth-order valence-corrected chi connectivity index (χ4v) is 3.99. The molecule has 0 aromatic carbocycles. The molecule has 0 N–H and O–H groups in total. The second-order valence-corrected chi connectivity index (χ2v) is 8.16. The molecular weight excluding hydrogens is 346 g/mol. The van der Waals surface area contributed by atoms with Gasteiger partial charge in [-0.15, -0.1) is 0 Å². The molecule has 0 saturated carbocycles. The summed E-state index contributed by atoms with van der Waals surface area (Å²) < 4.78 is 2.39. The lowest BCUT2D eigenvalue weighted by Crippen LogP contribution is -2.31. The molecule has 5 nitrogen and oxygen atoms in total. The van der Waals surface area contributed by atoms with E-state index >= 15 is 0 Å². The molecule has 0 bridgehead atoms. The minimum absolute atomic E-state index is 0.383. The molecule has 4 heterocycles. The Morgan fingerprint density at radius 3 is 2.75 bits per heavy atom. The van der Waals surface area contributed by atoms with Gasteiger partial charge in [-0.05, 0) is 37.1 Å². The van der Waals surface area contributed by atoms with E-state index < -0.39 is 0 Å². The van der Waals surface area contributed by atoms with Gasteiger partial charge in [-0.25, -0.2) is 9.97 Å². The smallest absolute Gasteiger partial charge is 0.131 e. The van der Waals surface area contributed by atoms with E-state index in [9.17, 15) is 0 Å². The van der Waals surface area contributed by atoms with Crippen LogP contribution in [-0.2, 0) is 26.1 Å². The van der Waals surface area contributed by atoms with Crippen LogP contribution in [0.15, 0.2) is 36.8 Å². The summed E-state index contributed by atoms with van der Waals surface area (Å²) in [5.74, 6) is 1.35. The highest BCUT2D eigenvalue weighted by Gasteiger charge is 2.21. The molecule has 5 heteroatoms. The van der Waals surface area contributed by atoms with Crippen molar-refractivity contribution in [2.75, 3.05) is 6.54 Å². The van der Waals surface area contributed by atoms with Crippen LogP contribution >= 0.6 is 0 Å². The SMILES string of the molecule is Cc1cc(CN2CCc3nc(C(C)C)ncc3C2)c(C)n1Cc1cccnc1. The predicted octanol–water partition coefficient (Wildman–Crippen LogP) is 4.02. The maximum atomic E-state index is 4.79. The van der Waals surface area contributed by atoms with Crippen molar-refractivity contribution in [1.29, 1.82) is 0 Å². The molecule has 0 atom stereocenters. The molecule has 1 aliphatic rings. The normalized spacial score (nSPS) is 14.5. The first kappa shape index (κ1) is 18.8. The van der Waals surface area contributed by atoms with Crippen LogP contribution in [0.4, 0.5) is 0 Å². The first-order valence-corrected chi connectivity index (χ1v) is 10.1. The summed E-state index contributed by atoms with van der Waals surface area (Å²) in [5.41, 5.74) is 7.81. The van der Waals surface area contributed by atoms with E-state index in [1.807, 2.05) is 24.7 Å². The fourth-order valence-electron chi connectivity index (χ4n) is 3.99. The summed E-state index contributed by atoms with van der Waals surface area (Å²) in [4.78, 5) is 16.1. The Balaban J connectivity index is 1.49. The average molecular weight is 376 g/mol. The van der Waals surface area contributed by atoms with E-state index in [1.54, 1.807) is 0 Å². The summed E-state index contributed by atoms with van der Waals surface area (Å²) in [7, 11) is 0. The van der Waals surface area contributed by atoms with Gasteiger partial charge >= 0.3 is 0 Å². The molecule has 146 valence electrons. The zero-order valence-corrected chi connectivity index (χ0v) is 17.3. The van der Waals surface area contributed by atoms with Crippen molar-refractivity contribution in [1.82, 2.24) is 24.4 Å². The van der Waals surface area contributed by atoms with Gasteiger partial charge < -0.3 is 4.57 Å². The molecule has 3 aromatic rings. The average Bonchev–Trinajstić information content (AvgIpc) is 2.95. The molecule has 4 rings (SSSR count). The van der Waals surface area contributed by atoms with E-state index in [1.165, 1.54) is 33.8 Å². The van der Waals surface area contributed by atoms with Gasteiger partial charge in [0.2, 0.25) is 0 Å². The fraction of sp³-hybridized carbons (Fsp3) is 0.435. The van der Waals surface area contributed by atoms with Gasteiger partial charge in [-0.2, -0.15) is 0 Å². The molecule has 0 radical (unpaired) electrons. The Bertz CT molecular complexity index is 959.